The molecule has 0 radical (unpaired) electrons. The van der Waals surface area contributed by atoms with Gasteiger partial charge in [0.05, 0.1) is 18.5 Å². The second kappa shape index (κ2) is 9.34. The first-order valence-corrected chi connectivity index (χ1v) is 10.3. The average Bonchev–Trinajstić information content (AvgIpc) is 3.07. The fraction of sp³-hybridized carbons (Fsp3) is 0.160. The van der Waals surface area contributed by atoms with Crippen LogP contribution in [0.2, 0.25) is 0 Å². The smallest absolute Gasteiger partial charge is 0.260 e. The third-order valence-electron chi connectivity index (χ3n) is 4.98. The maximum Gasteiger partial charge on any atom is 0.260 e. The van der Waals surface area contributed by atoms with Gasteiger partial charge in [-0.15, -0.1) is 0 Å². The summed E-state index contributed by atoms with van der Waals surface area (Å²) in [4.78, 5) is 26.7. The van der Waals surface area contributed by atoms with Crippen LogP contribution in [0.15, 0.2) is 72.4 Å². The zero-order valence-electron chi connectivity index (χ0n) is 17.7. The van der Waals surface area contributed by atoms with Crippen LogP contribution in [0.5, 0.6) is 11.5 Å². The van der Waals surface area contributed by atoms with Gasteiger partial charge < -0.3 is 9.47 Å². The van der Waals surface area contributed by atoms with E-state index in [0.29, 0.717) is 30.3 Å². The third kappa shape index (κ3) is 4.18. The van der Waals surface area contributed by atoms with Crippen molar-refractivity contribution in [2.75, 3.05) is 24.7 Å². The highest BCUT2D eigenvalue weighted by Crippen LogP contribution is 2.36. The van der Waals surface area contributed by atoms with Crippen LogP contribution < -0.4 is 19.8 Å². The molecule has 0 spiro atoms. The van der Waals surface area contributed by atoms with Crippen molar-refractivity contribution in [2.45, 2.75) is 6.92 Å². The average molecular weight is 429 g/mol. The minimum Gasteiger partial charge on any atom is -0.490 e. The fourth-order valence-corrected chi connectivity index (χ4v) is 3.64. The summed E-state index contributed by atoms with van der Waals surface area (Å²) < 4.78 is 11.2. The second-order valence-corrected chi connectivity index (χ2v) is 7.10. The van der Waals surface area contributed by atoms with Crippen molar-refractivity contribution in [1.82, 2.24) is 5.43 Å². The summed E-state index contributed by atoms with van der Waals surface area (Å²) in [5.41, 5.74) is 4.56. The molecule has 0 aromatic heterocycles. The first-order valence-electron chi connectivity index (χ1n) is 10.3. The topological polar surface area (TPSA) is 80.2 Å². The second-order valence-electron chi connectivity index (χ2n) is 7.10. The van der Waals surface area contributed by atoms with E-state index in [1.165, 1.54) is 11.1 Å². The molecule has 3 aromatic rings. The SMILES string of the molecule is C=CCOc1ccc(/C=N/NC(=O)CN2C(=O)c3cccc4cccc2c34)cc1OCC. The summed E-state index contributed by atoms with van der Waals surface area (Å²) in [6.07, 6.45) is 3.17. The van der Waals surface area contributed by atoms with E-state index >= 15 is 0 Å². The molecule has 32 heavy (non-hydrogen) atoms. The molecule has 0 fully saturated rings. The molecular weight excluding hydrogens is 406 g/mol. The predicted molar refractivity (Wildman–Crippen MR) is 125 cm³/mol. The maximum absolute atomic E-state index is 12.8. The molecule has 3 aromatic carbocycles. The summed E-state index contributed by atoms with van der Waals surface area (Å²) in [5.74, 6) is 0.607. The Bertz CT molecular complexity index is 1210. The molecule has 0 atom stereocenters. The van der Waals surface area contributed by atoms with Crippen molar-refractivity contribution in [3.8, 4) is 11.5 Å². The number of hydrazone groups is 1. The van der Waals surface area contributed by atoms with Gasteiger partial charge in [0.25, 0.3) is 11.8 Å². The van der Waals surface area contributed by atoms with Gasteiger partial charge >= 0.3 is 0 Å². The molecule has 4 rings (SSSR count). The van der Waals surface area contributed by atoms with E-state index in [-0.39, 0.29) is 12.5 Å². The van der Waals surface area contributed by atoms with E-state index in [1.54, 1.807) is 30.3 Å². The summed E-state index contributed by atoms with van der Waals surface area (Å²) >= 11 is 0. The number of ether oxygens (including phenoxy) is 2. The monoisotopic (exact) mass is 429 g/mol. The zero-order valence-corrected chi connectivity index (χ0v) is 17.7. The van der Waals surface area contributed by atoms with Crippen molar-refractivity contribution >= 4 is 34.5 Å². The van der Waals surface area contributed by atoms with E-state index < -0.39 is 5.91 Å². The van der Waals surface area contributed by atoms with Gasteiger partial charge in [0.2, 0.25) is 0 Å². The number of amides is 2. The van der Waals surface area contributed by atoms with Gasteiger partial charge in [0.15, 0.2) is 11.5 Å². The number of carbonyl (C=O) groups is 2. The number of benzene rings is 3. The molecule has 7 nitrogen and oxygen atoms in total. The Kier molecular flexibility index (Phi) is 6.17. The summed E-state index contributed by atoms with van der Waals surface area (Å²) in [7, 11) is 0. The van der Waals surface area contributed by atoms with Crippen LogP contribution in [-0.2, 0) is 4.79 Å². The number of nitrogens with zero attached hydrogens (tertiary/aromatic N) is 2. The lowest BCUT2D eigenvalue weighted by atomic mass is 10.1. The van der Waals surface area contributed by atoms with Crippen LogP contribution in [0.1, 0.15) is 22.8 Å². The van der Waals surface area contributed by atoms with Crippen molar-refractivity contribution in [2.24, 2.45) is 5.10 Å². The number of rotatable bonds is 9. The quantitative estimate of drug-likeness (QED) is 0.318. The Labute approximate surface area is 185 Å². The van der Waals surface area contributed by atoms with Gasteiger partial charge in [-0.25, -0.2) is 5.43 Å². The lowest BCUT2D eigenvalue weighted by Crippen LogP contribution is -2.37. The van der Waals surface area contributed by atoms with E-state index in [2.05, 4.69) is 17.1 Å². The van der Waals surface area contributed by atoms with Crippen molar-refractivity contribution in [3.05, 3.63) is 78.4 Å². The Morgan fingerprint density at radius 2 is 1.94 bits per heavy atom. The fourth-order valence-electron chi connectivity index (χ4n) is 3.64. The molecule has 0 saturated heterocycles. The van der Waals surface area contributed by atoms with Crippen LogP contribution in [0.25, 0.3) is 10.8 Å². The van der Waals surface area contributed by atoms with Crippen LogP contribution in [-0.4, -0.2) is 37.8 Å². The van der Waals surface area contributed by atoms with Gasteiger partial charge in [-0.1, -0.05) is 36.9 Å². The highest BCUT2D eigenvalue weighted by atomic mass is 16.5. The third-order valence-corrected chi connectivity index (χ3v) is 4.98. The van der Waals surface area contributed by atoms with E-state index in [0.717, 1.165) is 22.0 Å². The van der Waals surface area contributed by atoms with Crippen LogP contribution in [0.4, 0.5) is 5.69 Å². The number of hydrogen-bond acceptors (Lipinski definition) is 5. The molecule has 0 bridgehead atoms. The van der Waals surface area contributed by atoms with Gasteiger partial charge in [-0.3, -0.25) is 14.5 Å². The van der Waals surface area contributed by atoms with Crippen molar-refractivity contribution < 1.29 is 19.1 Å². The molecule has 1 N–H and O–H groups in total. The largest absolute Gasteiger partial charge is 0.490 e. The Hall–Kier alpha value is -4.13. The van der Waals surface area contributed by atoms with Crippen LogP contribution in [0, 0.1) is 0 Å². The molecule has 2 amide bonds. The van der Waals surface area contributed by atoms with Crippen molar-refractivity contribution in [1.29, 1.82) is 0 Å². The standard InChI is InChI=1S/C25H23N3O4/c1-3-13-32-21-12-11-17(14-22(21)31-4-2)15-26-27-23(29)16-28-20-10-6-8-18-7-5-9-19(24(18)20)25(28)30/h3,5-12,14-15H,1,4,13,16H2,2H3,(H,27,29)/b26-15+. The molecule has 162 valence electrons. The Morgan fingerprint density at radius 3 is 2.72 bits per heavy atom. The summed E-state index contributed by atoms with van der Waals surface area (Å²) in [6, 6.07) is 16.6. The van der Waals surface area contributed by atoms with E-state index in [9.17, 15) is 9.59 Å². The maximum atomic E-state index is 12.8. The highest BCUT2D eigenvalue weighted by Gasteiger charge is 2.30. The molecular formula is C25H23N3O4. The molecule has 1 aliphatic rings. The molecule has 0 saturated carbocycles. The minimum atomic E-state index is -0.393. The molecule has 0 unspecified atom stereocenters. The highest BCUT2D eigenvalue weighted by molar-refractivity contribution is 6.26. The number of carbonyl (C=O) groups excluding carboxylic acids is 2. The van der Waals surface area contributed by atoms with Gasteiger partial charge in [-0.05, 0) is 48.2 Å². The van der Waals surface area contributed by atoms with Gasteiger partial charge in [0, 0.05) is 10.9 Å². The number of nitrogens with one attached hydrogen (secondary N) is 1. The lowest BCUT2D eigenvalue weighted by molar-refractivity contribution is -0.119. The first-order chi connectivity index (χ1) is 15.6. The van der Waals surface area contributed by atoms with Crippen LogP contribution in [0.3, 0.4) is 0 Å². The first kappa shape index (κ1) is 21.1. The molecule has 0 aliphatic carbocycles. The molecule has 7 heteroatoms. The van der Waals surface area contributed by atoms with Crippen LogP contribution >= 0.6 is 0 Å². The normalized spacial score (nSPS) is 12.4. The number of anilines is 1. The minimum absolute atomic E-state index is 0.123. The predicted octanol–water partition coefficient (Wildman–Crippen LogP) is 3.91. The van der Waals surface area contributed by atoms with Gasteiger partial charge in [0.1, 0.15) is 13.2 Å². The molecule has 1 aliphatic heterocycles. The van der Waals surface area contributed by atoms with E-state index in [4.69, 9.17) is 9.47 Å². The molecule has 1 heterocycles. The van der Waals surface area contributed by atoms with E-state index in [1.807, 2.05) is 37.3 Å². The summed E-state index contributed by atoms with van der Waals surface area (Å²) in [6.45, 7) is 6.26. The summed E-state index contributed by atoms with van der Waals surface area (Å²) in [5, 5.41) is 5.87. The zero-order chi connectivity index (χ0) is 22.5. The van der Waals surface area contributed by atoms with Gasteiger partial charge in [-0.2, -0.15) is 5.10 Å². The van der Waals surface area contributed by atoms with Crippen molar-refractivity contribution in [3.63, 3.8) is 0 Å². The number of hydrogen-bond donors (Lipinski definition) is 1. The Balaban J connectivity index is 1.42. The lowest BCUT2D eigenvalue weighted by Gasteiger charge is -2.16. The Morgan fingerprint density at radius 1 is 1.12 bits per heavy atom.